The first-order valence-corrected chi connectivity index (χ1v) is 14.0. The molecule has 3 fully saturated rings. The molecule has 10 nitrogen and oxygen atoms in total. The van der Waals surface area contributed by atoms with Crippen LogP contribution in [-0.4, -0.2) is 86.7 Å². The van der Waals surface area contributed by atoms with E-state index in [1.54, 1.807) is 24.3 Å². The highest BCUT2D eigenvalue weighted by molar-refractivity contribution is 6.07. The van der Waals surface area contributed by atoms with Crippen molar-refractivity contribution in [3.05, 3.63) is 47.5 Å². The number of rotatable bonds is 5. The van der Waals surface area contributed by atoms with Crippen LogP contribution in [0.2, 0.25) is 0 Å². The van der Waals surface area contributed by atoms with E-state index in [4.69, 9.17) is 9.47 Å². The molecule has 6 rings (SSSR count). The van der Waals surface area contributed by atoms with Crippen LogP contribution in [-0.2, 0) is 4.79 Å². The summed E-state index contributed by atoms with van der Waals surface area (Å²) in [5, 5.41) is 6.39. The van der Waals surface area contributed by atoms with Gasteiger partial charge in [-0.05, 0) is 62.2 Å². The zero-order valence-corrected chi connectivity index (χ0v) is 22.1. The Hall–Kier alpha value is -3.79. The monoisotopic (exact) mass is 533 g/mol. The normalized spacial score (nSPS) is 19.3. The summed E-state index contributed by atoms with van der Waals surface area (Å²) in [4.78, 5) is 45.5. The van der Waals surface area contributed by atoms with Crippen molar-refractivity contribution in [3.63, 3.8) is 0 Å². The Morgan fingerprint density at radius 3 is 2.38 bits per heavy atom. The molecular formula is C29H35N5O5. The van der Waals surface area contributed by atoms with Crippen LogP contribution >= 0.6 is 0 Å². The smallest absolute Gasteiger partial charge is 0.255 e. The van der Waals surface area contributed by atoms with Crippen molar-refractivity contribution in [3.8, 4) is 11.5 Å². The lowest BCUT2D eigenvalue weighted by atomic mass is 9.84. The van der Waals surface area contributed by atoms with E-state index in [1.807, 2.05) is 21.9 Å². The number of anilines is 2. The third-order valence-electron chi connectivity index (χ3n) is 8.14. The quantitative estimate of drug-likeness (QED) is 0.609. The van der Waals surface area contributed by atoms with Crippen LogP contribution in [0.1, 0.15) is 46.4 Å². The minimum absolute atomic E-state index is 0.0419. The molecule has 0 atom stereocenters. The number of hydrogen-bond acceptors (Lipinski definition) is 7. The molecule has 2 aromatic carbocycles. The summed E-state index contributed by atoms with van der Waals surface area (Å²) >= 11 is 0. The largest absolute Gasteiger partial charge is 0.454 e. The van der Waals surface area contributed by atoms with Gasteiger partial charge in [0.25, 0.3) is 11.8 Å². The maximum absolute atomic E-state index is 13.4. The van der Waals surface area contributed by atoms with Gasteiger partial charge in [0.15, 0.2) is 11.5 Å². The fraction of sp³-hybridized carbons (Fsp3) is 0.483. The topological polar surface area (TPSA) is 103 Å². The SMILES string of the molecule is O=C(Nc1cc(C(=O)N2CCCNCC2)ccc1N1CCN(C(=O)C2CCC2)CC1)c1ccc2c(c1)OCO2. The van der Waals surface area contributed by atoms with Crippen LogP contribution in [0.4, 0.5) is 11.4 Å². The van der Waals surface area contributed by atoms with Gasteiger partial charge < -0.3 is 34.8 Å². The van der Waals surface area contributed by atoms with Crippen molar-refractivity contribution < 1.29 is 23.9 Å². The molecule has 10 heteroatoms. The van der Waals surface area contributed by atoms with Crippen molar-refractivity contribution in [2.45, 2.75) is 25.7 Å². The lowest BCUT2D eigenvalue weighted by molar-refractivity contribution is -0.138. The predicted molar refractivity (Wildman–Crippen MR) is 146 cm³/mol. The summed E-state index contributed by atoms with van der Waals surface area (Å²) in [6.07, 6.45) is 4.04. The van der Waals surface area contributed by atoms with Crippen LogP contribution < -0.4 is 25.0 Å². The summed E-state index contributed by atoms with van der Waals surface area (Å²) in [7, 11) is 0. The highest BCUT2D eigenvalue weighted by atomic mass is 16.7. The molecule has 0 bridgehead atoms. The fourth-order valence-corrected chi connectivity index (χ4v) is 5.59. The van der Waals surface area contributed by atoms with Crippen molar-refractivity contribution >= 4 is 29.1 Å². The Balaban J connectivity index is 1.23. The van der Waals surface area contributed by atoms with Crippen LogP contribution in [0, 0.1) is 5.92 Å². The first-order valence-electron chi connectivity index (χ1n) is 14.0. The van der Waals surface area contributed by atoms with E-state index in [1.165, 1.54) is 0 Å². The number of ether oxygens (including phenoxy) is 2. The molecule has 0 spiro atoms. The van der Waals surface area contributed by atoms with Crippen LogP contribution in [0.3, 0.4) is 0 Å². The van der Waals surface area contributed by atoms with Crippen molar-refractivity contribution in [2.75, 3.05) is 69.4 Å². The third kappa shape index (κ3) is 5.38. The molecule has 2 saturated heterocycles. The lowest BCUT2D eigenvalue weighted by Crippen LogP contribution is -2.51. The maximum atomic E-state index is 13.4. The van der Waals surface area contributed by atoms with Crippen LogP contribution in [0.5, 0.6) is 11.5 Å². The van der Waals surface area contributed by atoms with Crippen molar-refractivity contribution in [2.24, 2.45) is 5.92 Å². The summed E-state index contributed by atoms with van der Waals surface area (Å²) in [5.41, 5.74) is 2.40. The van der Waals surface area contributed by atoms with E-state index in [2.05, 4.69) is 15.5 Å². The molecule has 2 N–H and O–H groups in total. The number of carbonyl (C=O) groups excluding carboxylic acids is 3. The maximum Gasteiger partial charge on any atom is 0.255 e. The highest BCUT2D eigenvalue weighted by Gasteiger charge is 2.32. The fourth-order valence-electron chi connectivity index (χ4n) is 5.59. The molecule has 1 saturated carbocycles. The van der Waals surface area contributed by atoms with Gasteiger partial charge in [-0.2, -0.15) is 0 Å². The minimum atomic E-state index is -0.295. The molecular weight excluding hydrogens is 498 g/mol. The molecule has 0 aromatic heterocycles. The lowest BCUT2D eigenvalue weighted by Gasteiger charge is -2.39. The van der Waals surface area contributed by atoms with Gasteiger partial charge in [-0.15, -0.1) is 0 Å². The second-order valence-electron chi connectivity index (χ2n) is 10.6. The second-order valence-corrected chi connectivity index (χ2v) is 10.6. The third-order valence-corrected chi connectivity index (χ3v) is 8.14. The Morgan fingerprint density at radius 2 is 1.59 bits per heavy atom. The number of nitrogens with zero attached hydrogens (tertiary/aromatic N) is 3. The summed E-state index contributed by atoms with van der Waals surface area (Å²) < 4.78 is 10.8. The second kappa shape index (κ2) is 11.1. The zero-order valence-electron chi connectivity index (χ0n) is 22.1. The highest BCUT2D eigenvalue weighted by Crippen LogP contribution is 2.34. The standard InChI is InChI=1S/C29H35N5O5/c35-27(21-6-8-25-26(18-21)39-19-38-25)31-23-17-22(29(37)33-11-2-9-30-10-12-33)5-7-24(23)32-13-15-34(16-14-32)28(36)20-3-1-4-20/h5-8,17-18,20,30H,1-4,9-16,19H2,(H,31,35). The van der Waals surface area contributed by atoms with Gasteiger partial charge in [-0.1, -0.05) is 6.42 Å². The van der Waals surface area contributed by atoms with E-state index in [0.29, 0.717) is 67.6 Å². The Kier molecular flexibility index (Phi) is 7.28. The van der Waals surface area contributed by atoms with Gasteiger partial charge in [0.05, 0.1) is 11.4 Å². The summed E-state index contributed by atoms with van der Waals surface area (Å²) in [6, 6.07) is 10.6. The Morgan fingerprint density at radius 1 is 0.795 bits per heavy atom. The molecule has 206 valence electrons. The number of piperazine rings is 1. The van der Waals surface area contributed by atoms with Crippen LogP contribution in [0.15, 0.2) is 36.4 Å². The van der Waals surface area contributed by atoms with E-state index in [9.17, 15) is 14.4 Å². The number of nitrogens with one attached hydrogen (secondary N) is 2. The number of benzene rings is 2. The predicted octanol–water partition coefficient (Wildman–Crippen LogP) is 2.55. The first-order chi connectivity index (χ1) is 19.1. The van der Waals surface area contributed by atoms with Gasteiger partial charge in [0, 0.05) is 62.9 Å². The number of fused-ring (bicyclic) bond motifs is 1. The van der Waals surface area contributed by atoms with Gasteiger partial charge in [-0.3, -0.25) is 14.4 Å². The first kappa shape index (κ1) is 25.5. The van der Waals surface area contributed by atoms with E-state index in [0.717, 1.165) is 44.5 Å². The number of amides is 3. The van der Waals surface area contributed by atoms with E-state index < -0.39 is 0 Å². The molecule has 3 heterocycles. The van der Waals surface area contributed by atoms with E-state index >= 15 is 0 Å². The molecule has 0 unspecified atom stereocenters. The summed E-state index contributed by atoms with van der Waals surface area (Å²) in [5.74, 6) is 1.27. The molecule has 0 radical (unpaired) electrons. The molecule has 2 aromatic rings. The van der Waals surface area contributed by atoms with Gasteiger partial charge in [0.1, 0.15) is 0 Å². The Bertz CT molecular complexity index is 1250. The molecule has 3 amide bonds. The average molecular weight is 534 g/mol. The minimum Gasteiger partial charge on any atom is -0.454 e. The van der Waals surface area contributed by atoms with Gasteiger partial charge in [-0.25, -0.2) is 0 Å². The van der Waals surface area contributed by atoms with E-state index in [-0.39, 0.29) is 30.4 Å². The van der Waals surface area contributed by atoms with Crippen molar-refractivity contribution in [1.29, 1.82) is 0 Å². The molecule has 4 aliphatic rings. The average Bonchev–Trinajstić information content (AvgIpc) is 3.23. The Labute approximate surface area is 228 Å². The summed E-state index contributed by atoms with van der Waals surface area (Å²) in [6.45, 7) is 5.76. The van der Waals surface area contributed by atoms with Crippen LogP contribution in [0.25, 0.3) is 0 Å². The molecule has 3 aliphatic heterocycles. The number of hydrogen-bond donors (Lipinski definition) is 2. The molecule has 1 aliphatic carbocycles. The zero-order chi connectivity index (χ0) is 26.8. The van der Waals surface area contributed by atoms with Gasteiger partial charge in [0.2, 0.25) is 12.7 Å². The van der Waals surface area contributed by atoms with Crippen molar-refractivity contribution in [1.82, 2.24) is 15.1 Å². The molecule has 39 heavy (non-hydrogen) atoms. The number of carbonyl (C=O) groups is 3. The van der Waals surface area contributed by atoms with Gasteiger partial charge >= 0.3 is 0 Å².